The molecule has 0 bridgehead atoms. The molecule has 2 saturated carbocycles. The highest BCUT2D eigenvalue weighted by Crippen LogP contribution is 2.47. The summed E-state index contributed by atoms with van der Waals surface area (Å²) in [5.41, 5.74) is 1.38. The summed E-state index contributed by atoms with van der Waals surface area (Å²) in [7, 11) is 0. The van der Waals surface area contributed by atoms with Crippen LogP contribution in [0.4, 0.5) is 4.39 Å². The minimum atomic E-state index is -0.104. The van der Waals surface area contributed by atoms with E-state index in [1.54, 1.807) is 6.07 Å². The number of benzene rings is 1. The van der Waals surface area contributed by atoms with Crippen LogP contribution in [-0.2, 0) is 5.41 Å². The second kappa shape index (κ2) is 4.09. The SMILES string of the molecule is CC1CC(CNC2CC2)(c2cccc(F)c2)C1. The molecule has 2 aliphatic rings. The molecular weight excluding hydrogens is 213 g/mol. The summed E-state index contributed by atoms with van der Waals surface area (Å²) >= 11 is 0. The number of halogens is 1. The summed E-state index contributed by atoms with van der Waals surface area (Å²) in [6, 6.07) is 7.92. The average molecular weight is 233 g/mol. The first-order chi connectivity index (χ1) is 8.18. The van der Waals surface area contributed by atoms with Gasteiger partial charge in [-0.05, 0) is 49.3 Å². The topological polar surface area (TPSA) is 12.0 Å². The molecule has 1 aromatic carbocycles. The molecule has 3 rings (SSSR count). The molecule has 2 heteroatoms. The van der Waals surface area contributed by atoms with Crippen molar-refractivity contribution in [3.8, 4) is 0 Å². The van der Waals surface area contributed by atoms with Gasteiger partial charge in [-0.1, -0.05) is 19.1 Å². The smallest absolute Gasteiger partial charge is 0.123 e. The van der Waals surface area contributed by atoms with Gasteiger partial charge in [0.2, 0.25) is 0 Å². The zero-order chi connectivity index (χ0) is 11.9. The minimum Gasteiger partial charge on any atom is -0.313 e. The molecule has 1 N–H and O–H groups in total. The minimum absolute atomic E-state index is 0.104. The molecule has 0 aromatic heterocycles. The molecule has 92 valence electrons. The lowest BCUT2D eigenvalue weighted by Gasteiger charge is -2.47. The molecular formula is C15H20FN. The van der Waals surface area contributed by atoms with E-state index in [1.807, 2.05) is 6.07 Å². The van der Waals surface area contributed by atoms with Crippen LogP contribution in [0, 0.1) is 11.7 Å². The van der Waals surface area contributed by atoms with Crippen LogP contribution in [0.3, 0.4) is 0 Å². The average Bonchev–Trinajstić information content (AvgIpc) is 3.06. The molecule has 0 amide bonds. The van der Waals surface area contributed by atoms with E-state index in [0.29, 0.717) is 0 Å². The number of rotatable bonds is 4. The van der Waals surface area contributed by atoms with Gasteiger partial charge in [0.15, 0.2) is 0 Å². The summed E-state index contributed by atoms with van der Waals surface area (Å²) in [5.74, 6) is 0.673. The van der Waals surface area contributed by atoms with E-state index in [-0.39, 0.29) is 11.2 Å². The summed E-state index contributed by atoms with van der Waals surface area (Å²) in [6.07, 6.45) is 5.01. The third kappa shape index (κ3) is 2.23. The standard InChI is InChI=1S/C15H20FN/c1-11-8-15(9-11,10-17-14-5-6-14)12-3-2-4-13(16)7-12/h2-4,7,11,14,17H,5-6,8-10H2,1H3. The Morgan fingerprint density at radius 2 is 2.12 bits per heavy atom. The van der Waals surface area contributed by atoms with Gasteiger partial charge < -0.3 is 5.32 Å². The zero-order valence-corrected chi connectivity index (χ0v) is 10.4. The van der Waals surface area contributed by atoms with E-state index in [0.717, 1.165) is 18.5 Å². The maximum atomic E-state index is 13.3. The van der Waals surface area contributed by atoms with Crippen molar-refractivity contribution in [3.05, 3.63) is 35.6 Å². The third-order valence-electron chi connectivity index (χ3n) is 4.22. The molecule has 1 aromatic rings. The number of nitrogens with one attached hydrogen (secondary N) is 1. The second-order valence-corrected chi connectivity index (χ2v) is 5.96. The fourth-order valence-corrected chi connectivity index (χ4v) is 3.20. The van der Waals surface area contributed by atoms with Crippen LogP contribution in [0.25, 0.3) is 0 Å². The van der Waals surface area contributed by atoms with Gasteiger partial charge in [0.25, 0.3) is 0 Å². The molecule has 2 aliphatic carbocycles. The maximum absolute atomic E-state index is 13.3. The fourth-order valence-electron chi connectivity index (χ4n) is 3.20. The van der Waals surface area contributed by atoms with E-state index in [2.05, 4.69) is 18.3 Å². The Balaban J connectivity index is 1.78. The highest BCUT2D eigenvalue weighted by atomic mass is 19.1. The fraction of sp³-hybridized carbons (Fsp3) is 0.600. The summed E-state index contributed by atoms with van der Waals surface area (Å²) < 4.78 is 13.3. The molecule has 0 heterocycles. The van der Waals surface area contributed by atoms with Crippen molar-refractivity contribution in [2.45, 2.75) is 44.1 Å². The van der Waals surface area contributed by atoms with E-state index in [1.165, 1.54) is 37.3 Å². The Labute approximate surface area is 102 Å². The van der Waals surface area contributed by atoms with Crippen molar-refractivity contribution in [1.29, 1.82) is 0 Å². The predicted molar refractivity (Wildman–Crippen MR) is 67.5 cm³/mol. The van der Waals surface area contributed by atoms with E-state index in [4.69, 9.17) is 0 Å². The summed E-state index contributed by atoms with van der Waals surface area (Å²) in [4.78, 5) is 0. The van der Waals surface area contributed by atoms with Crippen molar-refractivity contribution in [3.63, 3.8) is 0 Å². The van der Waals surface area contributed by atoms with E-state index >= 15 is 0 Å². The lowest BCUT2D eigenvalue weighted by atomic mass is 9.59. The Morgan fingerprint density at radius 3 is 2.71 bits per heavy atom. The molecule has 0 spiro atoms. The van der Waals surface area contributed by atoms with Crippen LogP contribution >= 0.6 is 0 Å². The van der Waals surface area contributed by atoms with Gasteiger partial charge in [0.05, 0.1) is 0 Å². The molecule has 2 fully saturated rings. The monoisotopic (exact) mass is 233 g/mol. The van der Waals surface area contributed by atoms with Crippen molar-refractivity contribution in [2.24, 2.45) is 5.92 Å². The predicted octanol–water partition coefficient (Wildman–Crippen LogP) is 3.25. The Kier molecular flexibility index (Phi) is 2.70. The Hall–Kier alpha value is -0.890. The maximum Gasteiger partial charge on any atom is 0.123 e. The first-order valence-electron chi connectivity index (χ1n) is 6.67. The lowest BCUT2D eigenvalue weighted by molar-refractivity contribution is 0.151. The molecule has 0 aliphatic heterocycles. The molecule has 0 saturated heterocycles. The van der Waals surface area contributed by atoms with Crippen LogP contribution in [0.1, 0.15) is 38.2 Å². The number of hydrogen-bond donors (Lipinski definition) is 1. The van der Waals surface area contributed by atoms with Crippen molar-refractivity contribution in [1.82, 2.24) is 5.32 Å². The Bertz CT molecular complexity index is 405. The van der Waals surface area contributed by atoms with Crippen LogP contribution in [0.5, 0.6) is 0 Å². The lowest BCUT2D eigenvalue weighted by Crippen LogP contribution is -2.48. The zero-order valence-electron chi connectivity index (χ0n) is 10.4. The van der Waals surface area contributed by atoms with Crippen LogP contribution in [0.15, 0.2) is 24.3 Å². The van der Waals surface area contributed by atoms with Crippen LogP contribution in [0.2, 0.25) is 0 Å². The number of hydrogen-bond acceptors (Lipinski definition) is 1. The van der Waals surface area contributed by atoms with Crippen molar-refractivity contribution >= 4 is 0 Å². The van der Waals surface area contributed by atoms with E-state index < -0.39 is 0 Å². The quantitative estimate of drug-likeness (QED) is 0.841. The normalized spacial score (nSPS) is 32.2. The molecule has 0 unspecified atom stereocenters. The van der Waals surface area contributed by atoms with E-state index in [9.17, 15) is 4.39 Å². The summed E-state index contributed by atoms with van der Waals surface area (Å²) in [5, 5.41) is 3.62. The van der Waals surface area contributed by atoms with Gasteiger partial charge in [-0.15, -0.1) is 0 Å². The van der Waals surface area contributed by atoms with Gasteiger partial charge in [-0.3, -0.25) is 0 Å². The highest BCUT2D eigenvalue weighted by Gasteiger charge is 2.44. The molecule has 0 atom stereocenters. The summed E-state index contributed by atoms with van der Waals surface area (Å²) in [6.45, 7) is 3.31. The highest BCUT2D eigenvalue weighted by molar-refractivity contribution is 5.30. The van der Waals surface area contributed by atoms with Crippen molar-refractivity contribution < 1.29 is 4.39 Å². The van der Waals surface area contributed by atoms with Gasteiger partial charge in [0.1, 0.15) is 5.82 Å². The van der Waals surface area contributed by atoms with Gasteiger partial charge in [0, 0.05) is 18.0 Å². The third-order valence-corrected chi connectivity index (χ3v) is 4.22. The Morgan fingerprint density at radius 1 is 1.35 bits per heavy atom. The van der Waals surface area contributed by atoms with Gasteiger partial charge >= 0.3 is 0 Å². The van der Waals surface area contributed by atoms with Gasteiger partial charge in [-0.2, -0.15) is 0 Å². The van der Waals surface area contributed by atoms with Gasteiger partial charge in [-0.25, -0.2) is 4.39 Å². The van der Waals surface area contributed by atoms with Crippen LogP contribution in [-0.4, -0.2) is 12.6 Å². The first kappa shape index (κ1) is 11.2. The molecule has 1 nitrogen and oxygen atoms in total. The molecule has 17 heavy (non-hydrogen) atoms. The molecule has 0 radical (unpaired) electrons. The van der Waals surface area contributed by atoms with Crippen LogP contribution < -0.4 is 5.32 Å². The largest absolute Gasteiger partial charge is 0.313 e. The first-order valence-corrected chi connectivity index (χ1v) is 6.67. The van der Waals surface area contributed by atoms with Crippen molar-refractivity contribution in [2.75, 3.05) is 6.54 Å². The second-order valence-electron chi connectivity index (χ2n) is 5.96.